The minimum atomic E-state index is -0.498. The molecule has 0 aliphatic carbocycles. The predicted octanol–water partition coefficient (Wildman–Crippen LogP) is 7.66. The van der Waals surface area contributed by atoms with Gasteiger partial charge in [0.25, 0.3) is 0 Å². The normalized spacial score (nSPS) is 12.2. The van der Waals surface area contributed by atoms with E-state index in [0.717, 1.165) is 37.8 Å². The standard InChI is InChI=1S/C32H57N3O3/c1-5-6-7-8-9-10-11-12-13-14-15-20-25-33-30(36)29(35-27-28-22-17-16-18-23-28)24-19-21-26-34-31(37)38-32(2,3)4/h16-18,22-23,29,35H,5-15,19-21,24-27H2,1-4H3,(H,33,36)(H,34,37)/t29-/m0/s1. The minimum absolute atomic E-state index is 0.0732. The van der Waals surface area contributed by atoms with Gasteiger partial charge in [-0.3, -0.25) is 4.79 Å². The summed E-state index contributed by atoms with van der Waals surface area (Å²) >= 11 is 0. The van der Waals surface area contributed by atoms with Crippen molar-refractivity contribution >= 4 is 12.0 Å². The summed E-state index contributed by atoms with van der Waals surface area (Å²) in [5.74, 6) is 0.0732. The monoisotopic (exact) mass is 531 g/mol. The first-order valence-electron chi connectivity index (χ1n) is 15.3. The molecule has 0 fully saturated rings. The van der Waals surface area contributed by atoms with Crippen LogP contribution in [0.3, 0.4) is 0 Å². The molecular weight excluding hydrogens is 474 g/mol. The molecule has 0 aliphatic heterocycles. The van der Waals surface area contributed by atoms with E-state index in [1.807, 2.05) is 39.0 Å². The molecule has 6 heteroatoms. The zero-order valence-corrected chi connectivity index (χ0v) is 24.9. The van der Waals surface area contributed by atoms with Gasteiger partial charge in [-0.15, -0.1) is 0 Å². The van der Waals surface area contributed by atoms with Gasteiger partial charge in [0, 0.05) is 19.6 Å². The summed E-state index contributed by atoms with van der Waals surface area (Å²) in [4.78, 5) is 24.7. The van der Waals surface area contributed by atoms with E-state index in [4.69, 9.17) is 4.74 Å². The van der Waals surface area contributed by atoms with Crippen molar-refractivity contribution in [3.8, 4) is 0 Å². The van der Waals surface area contributed by atoms with E-state index < -0.39 is 11.7 Å². The van der Waals surface area contributed by atoms with Gasteiger partial charge in [-0.25, -0.2) is 4.79 Å². The Labute approximate surface area is 233 Å². The number of ether oxygens (including phenoxy) is 1. The second-order valence-corrected chi connectivity index (χ2v) is 11.5. The number of rotatable bonds is 22. The molecule has 0 unspecified atom stereocenters. The lowest BCUT2D eigenvalue weighted by Crippen LogP contribution is -2.44. The lowest BCUT2D eigenvalue weighted by molar-refractivity contribution is -0.123. The maximum absolute atomic E-state index is 12.9. The molecule has 1 aromatic carbocycles. The Bertz CT molecular complexity index is 718. The van der Waals surface area contributed by atoms with Crippen LogP contribution >= 0.6 is 0 Å². The van der Waals surface area contributed by atoms with Gasteiger partial charge in [-0.2, -0.15) is 0 Å². The zero-order chi connectivity index (χ0) is 27.9. The number of unbranched alkanes of at least 4 members (excludes halogenated alkanes) is 12. The number of carbonyl (C=O) groups is 2. The molecule has 0 bridgehead atoms. The van der Waals surface area contributed by atoms with Crippen LogP contribution in [-0.4, -0.2) is 36.7 Å². The maximum atomic E-state index is 12.9. The van der Waals surface area contributed by atoms with Gasteiger partial charge in [0.1, 0.15) is 5.60 Å². The van der Waals surface area contributed by atoms with Gasteiger partial charge >= 0.3 is 6.09 Å². The SMILES string of the molecule is CCCCCCCCCCCCCCNC(=O)[C@H](CCCCNC(=O)OC(C)(C)C)NCc1ccccc1. The highest BCUT2D eigenvalue weighted by Crippen LogP contribution is 2.12. The van der Waals surface area contributed by atoms with Crippen LogP contribution in [0.4, 0.5) is 4.79 Å². The fourth-order valence-corrected chi connectivity index (χ4v) is 4.44. The van der Waals surface area contributed by atoms with Crippen molar-refractivity contribution in [2.75, 3.05) is 13.1 Å². The first-order valence-corrected chi connectivity index (χ1v) is 15.3. The van der Waals surface area contributed by atoms with Crippen molar-refractivity contribution in [1.82, 2.24) is 16.0 Å². The van der Waals surface area contributed by atoms with Crippen LogP contribution in [-0.2, 0) is 16.1 Å². The Morgan fingerprint density at radius 3 is 1.84 bits per heavy atom. The molecule has 1 rings (SSSR count). The number of benzene rings is 1. The number of carbonyl (C=O) groups excluding carboxylic acids is 2. The van der Waals surface area contributed by atoms with E-state index in [1.165, 1.54) is 70.6 Å². The van der Waals surface area contributed by atoms with Crippen LogP contribution in [0.1, 0.15) is 130 Å². The summed E-state index contributed by atoms with van der Waals surface area (Å²) in [5.41, 5.74) is 0.667. The first kappa shape index (κ1) is 33.9. The summed E-state index contributed by atoms with van der Waals surface area (Å²) < 4.78 is 5.28. The molecule has 0 spiro atoms. The molecule has 38 heavy (non-hydrogen) atoms. The molecule has 0 saturated carbocycles. The summed E-state index contributed by atoms with van der Waals surface area (Å²) in [5, 5.41) is 9.39. The molecule has 0 aromatic heterocycles. The number of alkyl carbamates (subject to hydrolysis) is 1. The molecule has 0 heterocycles. The van der Waals surface area contributed by atoms with Crippen molar-refractivity contribution in [2.24, 2.45) is 0 Å². The van der Waals surface area contributed by atoms with Crippen molar-refractivity contribution in [1.29, 1.82) is 0 Å². The molecule has 1 atom stereocenters. The van der Waals surface area contributed by atoms with Crippen molar-refractivity contribution < 1.29 is 14.3 Å². The van der Waals surface area contributed by atoms with Crippen molar-refractivity contribution in [3.05, 3.63) is 35.9 Å². The van der Waals surface area contributed by atoms with E-state index in [2.05, 4.69) is 35.0 Å². The molecule has 6 nitrogen and oxygen atoms in total. The molecule has 0 saturated heterocycles. The van der Waals surface area contributed by atoms with E-state index in [1.54, 1.807) is 0 Å². The largest absolute Gasteiger partial charge is 0.444 e. The van der Waals surface area contributed by atoms with Gasteiger partial charge in [-0.1, -0.05) is 108 Å². The van der Waals surface area contributed by atoms with E-state index in [9.17, 15) is 9.59 Å². The second-order valence-electron chi connectivity index (χ2n) is 11.5. The Hall–Kier alpha value is -2.08. The second kappa shape index (κ2) is 21.8. The fourth-order valence-electron chi connectivity index (χ4n) is 4.44. The van der Waals surface area contributed by atoms with Crippen LogP contribution in [0.5, 0.6) is 0 Å². The summed E-state index contributed by atoms with van der Waals surface area (Å²) in [7, 11) is 0. The molecule has 0 aliphatic rings. The van der Waals surface area contributed by atoms with Gasteiger partial charge in [0.05, 0.1) is 6.04 Å². The lowest BCUT2D eigenvalue weighted by atomic mass is 10.1. The van der Waals surface area contributed by atoms with E-state index >= 15 is 0 Å². The average Bonchev–Trinajstić information content (AvgIpc) is 2.87. The Morgan fingerprint density at radius 1 is 0.737 bits per heavy atom. The van der Waals surface area contributed by atoms with Crippen LogP contribution in [0.2, 0.25) is 0 Å². The fraction of sp³-hybridized carbons (Fsp3) is 0.750. The highest BCUT2D eigenvalue weighted by molar-refractivity contribution is 5.81. The highest BCUT2D eigenvalue weighted by Gasteiger charge is 2.18. The van der Waals surface area contributed by atoms with Gasteiger partial charge in [0.15, 0.2) is 0 Å². The third-order valence-corrected chi connectivity index (χ3v) is 6.63. The van der Waals surface area contributed by atoms with E-state index in [-0.39, 0.29) is 11.9 Å². The van der Waals surface area contributed by atoms with Crippen LogP contribution in [0.25, 0.3) is 0 Å². The number of hydrogen-bond donors (Lipinski definition) is 3. The third kappa shape index (κ3) is 20.0. The molecule has 0 radical (unpaired) electrons. The Balaban J connectivity index is 2.24. The average molecular weight is 532 g/mol. The Kier molecular flexibility index (Phi) is 19.5. The smallest absolute Gasteiger partial charge is 0.407 e. The minimum Gasteiger partial charge on any atom is -0.444 e. The van der Waals surface area contributed by atoms with Crippen LogP contribution in [0, 0.1) is 0 Å². The van der Waals surface area contributed by atoms with Gasteiger partial charge in [-0.05, 0) is 52.0 Å². The Morgan fingerprint density at radius 2 is 1.26 bits per heavy atom. The number of nitrogens with one attached hydrogen (secondary N) is 3. The topological polar surface area (TPSA) is 79.5 Å². The zero-order valence-electron chi connectivity index (χ0n) is 24.9. The molecule has 1 aromatic rings. The maximum Gasteiger partial charge on any atom is 0.407 e. The molecule has 218 valence electrons. The van der Waals surface area contributed by atoms with Crippen LogP contribution in [0.15, 0.2) is 30.3 Å². The summed E-state index contributed by atoms with van der Waals surface area (Å²) in [6.07, 6.45) is 17.7. The third-order valence-electron chi connectivity index (χ3n) is 6.63. The number of hydrogen-bond acceptors (Lipinski definition) is 4. The summed E-state index contributed by atoms with van der Waals surface area (Å²) in [6.45, 7) is 9.76. The molecule has 2 amide bonds. The predicted molar refractivity (Wildman–Crippen MR) is 159 cm³/mol. The van der Waals surface area contributed by atoms with Gasteiger partial charge < -0.3 is 20.7 Å². The molecular formula is C32H57N3O3. The number of amides is 2. The quantitative estimate of drug-likeness (QED) is 0.134. The van der Waals surface area contributed by atoms with Crippen molar-refractivity contribution in [2.45, 2.75) is 142 Å². The van der Waals surface area contributed by atoms with Crippen LogP contribution < -0.4 is 16.0 Å². The highest BCUT2D eigenvalue weighted by atomic mass is 16.6. The van der Waals surface area contributed by atoms with Gasteiger partial charge in [0.2, 0.25) is 5.91 Å². The van der Waals surface area contributed by atoms with Crippen molar-refractivity contribution in [3.63, 3.8) is 0 Å². The van der Waals surface area contributed by atoms with E-state index in [0.29, 0.717) is 13.1 Å². The lowest BCUT2D eigenvalue weighted by Gasteiger charge is -2.20. The first-order chi connectivity index (χ1) is 18.3. The molecule has 3 N–H and O–H groups in total. The summed E-state index contributed by atoms with van der Waals surface area (Å²) in [6, 6.07) is 9.93.